The molecule has 122 valence electrons. The number of amides is 2. The third-order valence-corrected chi connectivity index (χ3v) is 4.24. The van der Waals surface area contributed by atoms with Gasteiger partial charge < -0.3 is 14.6 Å². The molecule has 0 spiro atoms. The highest BCUT2D eigenvalue weighted by Crippen LogP contribution is 2.31. The average Bonchev–Trinajstić information content (AvgIpc) is 2.99. The fraction of sp³-hybridized carbons (Fsp3) is 0.412. The number of hydrogen-bond donors (Lipinski definition) is 2. The predicted octanol–water partition coefficient (Wildman–Crippen LogP) is 2.86. The third-order valence-electron chi connectivity index (χ3n) is 4.24. The molecule has 2 amide bonds. The minimum atomic E-state index is -0.300. The van der Waals surface area contributed by atoms with E-state index in [2.05, 4.69) is 51.7 Å². The number of nitrogens with zero attached hydrogens (tertiary/aromatic N) is 2. The molecule has 1 aliphatic heterocycles. The van der Waals surface area contributed by atoms with Crippen LogP contribution in [0, 0.1) is 13.8 Å². The van der Waals surface area contributed by atoms with Gasteiger partial charge in [-0.1, -0.05) is 18.2 Å². The maximum Gasteiger partial charge on any atom is 0.322 e. The largest absolute Gasteiger partial charge is 0.428 e. The SMILES string of the molecule is Cc1nc(NC(=O)NCCN2c3ccccc3C[C@@H]2C)oc1C. The third kappa shape index (κ3) is 3.31. The fourth-order valence-corrected chi connectivity index (χ4v) is 2.93. The lowest BCUT2D eigenvalue weighted by Crippen LogP contribution is -2.39. The summed E-state index contributed by atoms with van der Waals surface area (Å²) in [6.07, 6.45) is 1.05. The van der Waals surface area contributed by atoms with Crippen molar-refractivity contribution in [1.29, 1.82) is 0 Å². The first-order valence-corrected chi connectivity index (χ1v) is 7.88. The van der Waals surface area contributed by atoms with E-state index >= 15 is 0 Å². The van der Waals surface area contributed by atoms with E-state index < -0.39 is 0 Å². The summed E-state index contributed by atoms with van der Waals surface area (Å²) in [5.41, 5.74) is 3.42. The number of aromatic nitrogens is 1. The molecule has 0 unspecified atom stereocenters. The normalized spacial score (nSPS) is 16.3. The van der Waals surface area contributed by atoms with Crippen LogP contribution < -0.4 is 15.5 Å². The Labute approximate surface area is 135 Å². The second-order valence-electron chi connectivity index (χ2n) is 5.92. The van der Waals surface area contributed by atoms with Gasteiger partial charge >= 0.3 is 12.0 Å². The van der Waals surface area contributed by atoms with E-state index in [1.165, 1.54) is 11.3 Å². The quantitative estimate of drug-likeness (QED) is 0.910. The first kappa shape index (κ1) is 15.4. The number of nitrogens with one attached hydrogen (secondary N) is 2. The Balaban J connectivity index is 1.50. The van der Waals surface area contributed by atoms with Gasteiger partial charge in [0.2, 0.25) is 0 Å². The van der Waals surface area contributed by atoms with E-state index in [-0.39, 0.29) is 12.0 Å². The van der Waals surface area contributed by atoms with E-state index in [4.69, 9.17) is 4.42 Å². The van der Waals surface area contributed by atoms with E-state index in [0.29, 0.717) is 18.3 Å². The van der Waals surface area contributed by atoms with Crippen LogP contribution in [-0.4, -0.2) is 30.1 Å². The van der Waals surface area contributed by atoms with E-state index in [9.17, 15) is 4.79 Å². The molecule has 1 aliphatic rings. The average molecular weight is 314 g/mol. The van der Waals surface area contributed by atoms with Crippen molar-refractivity contribution in [1.82, 2.24) is 10.3 Å². The fourth-order valence-electron chi connectivity index (χ4n) is 2.93. The summed E-state index contributed by atoms with van der Waals surface area (Å²) in [7, 11) is 0. The van der Waals surface area contributed by atoms with Crippen LogP contribution in [0.3, 0.4) is 0 Å². The molecular formula is C17H22N4O2. The number of hydrogen-bond acceptors (Lipinski definition) is 4. The van der Waals surface area contributed by atoms with Gasteiger partial charge in [0.25, 0.3) is 0 Å². The Bertz CT molecular complexity index is 691. The number of aryl methyl sites for hydroxylation is 2. The molecule has 0 radical (unpaired) electrons. The summed E-state index contributed by atoms with van der Waals surface area (Å²) in [6, 6.07) is 8.81. The number of rotatable bonds is 4. The zero-order valence-corrected chi connectivity index (χ0v) is 13.7. The molecule has 1 atom stereocenters. The number of anilines is 2. The molecule has 2 heterocycles. The zero-order chi connectivity index (χ0) is 16.4. The summed E-state index contributed by atoms with van der Waals surface area (Å²) in [6.45, 7) is 7.20. The molecular weight excluding hydrogens is 292 g/mol. The lowest BCUT2D eigenvalue weighted by atomic mass is 10.1. The molecule has 2 aromatic rings. The maximum atomic E-state index is 11.9. The minimum Gasteiger partial charge on any atom is -0.428 e. The number of oxazole rings is 1. The Morgan fingerprint density at radius 2 is 2.17 bits per heavy atom. The van der Waals surface area contributed by atoms with Gasteiger partial charge in [0.1, 0.15) is 5.76 Å². The summed E-state index contributed by atoms with van der Waals surface area (Å²) >= 11 is 0. The van der Waals surface area contributed by atoms with Gasteiger partial charge in [0.15, 0.2) is 0 Å². The van der Waals surface area contributed by atoms with Crippen molar-refractivity contribution in [2.75, 3.05) is 23.3 Å². The zero-order valence-electron chi connectivity index (χ0n) is 13.7. The number of carbonyl (C=O) groups excluding carboxylic acids is 1. The van der Waals surface area contributed by atoms with Gasteiger partial charge in [-0.05, 0) is 38.8 Å². The van der Waals surface area contributed by atoms with Crippen LogP contribution in [0.1, 0.15) is 23.9 Å². The van der Waals surface area contributed by atoms with Crippen molar-refractivity contribution in [2.45, 2.75) is 33.2 Å². The van der Waals surface area contributed by atoms with Gasteiger partial charge in [-0.3, -0.25) is 5.32 Å². The van der Waals surface area contributed by atoms with Crippen molar-refractivity contribution < 1.29 is 9.21 Å². The van der Waals surface area contributed by atoms with Gasteiger partial charge in [-0.25, -0.2) is 4.79 Å². The highest BCUT2D eigenvalue weighted by molar-refractivity contribution is 5.87. The topological polar surface area (TPSA) is 70.4 Å². The number of urea groups is 1. The number of fused-ring (bicyclic) bond motifs is 1. The Morgan fingerprint density at radius 3 is 2.91 bits per heavy atom. The molecule has 6 nitrogen and oxygen atoms in total. The second kappa shape index (κ2) is 6.32. The lowest BCUT2D eigenvalue weighted by molar-refractivity contribution is 0.251. The van der Waals surface area contributed by atoms with Crippen molar-refractivity contribution in [3.05, 3.63) is 41.3 Å². The summed E-state index contributed by atoms with van der Waals surface area (Å²) in [4.78, 5) is 18.4. The molecule has 3 rings (SSSR count). The Hall–Kier alpha value is -2.50. The standard InChI is InChI=1S/C17H22N4O2/c1-11-10-14-6-4-5-7-15(14)21(11)9-8-18-16(22)20-17-19-12(2)13(3)23-17/h4-7,11H,8-10H2,1-3H3,(H2,18,19,20,22)/t11-/m0/s1. The van der Waals surface area contributed by atoms with E-state index in [0.717, 1.165) is 18.7 Å². The second-order valence-corrected chi connectivity index (χ2v) is 5.92. The molecule has 6 heteroatoms. The van der Waals surface area contributed by atoms with Gasteiger partial charge in [-0.15, -0.1) is 0 Å². The molecule has 0 aliphatic carbocycles. The highest BCUT2D eigenvalue weighted by atomic mass is 16.4. The molecule has 2 N–H and O–H groups in total. The number of para-hydroxylation sites is 1. The van der Waals surface area contributed by atoms with Gasteiger partial charge in [0.05, 0.1) is 5.69 Å². The highest BCUT2D eigenvalue weighted by Gasteiger charge is 2.24. The van der Waals surface area contributed by atoms with Crippen molar-refractivity contribution in [3.8, 4) is 0 Å². The van der Waals surface area contributed by atoms with Crippen molar-refractivity contribution in [3.63, 3.8) is 0 Å². The van der Waals surface area contributed by atoms with Crippen LogP contribution in [0.25, 0.3) is 0 Å². The molecule has 1 aromatic carbocycles. The molecule has 0 bridgehead atoms. The van der Waals surface area contributed by atoms with Crippen molar-refractivity contribution in [2.24, 2.45) is 0 Å². The molecule has 0 fully saturated rings. The van der Waals surface area contributed by atoms with Crippen LogP contribution in [0.4, 0.5) is 16.5 Å². The molecule has 23 heavy (non-hydrogen) atoms. The van der Waals surface area contributed by atoms with Crippen LogP contribution in [-0.2, 0) is 6.42 Å². The van der Waals surface area contributed by atoms with E-state index in [1.807, 2.05) is 13.8 Å². The summed E-state index contributed by atoms with van der Waals surface area (Å²) in [5, 5.41) is 5.46. The van der Waals surface area contributed by atoms with Gasteiger partial charge in [0, 0.05) is 24.8 Å². The first-order valence-electron chi connectivity index (χ1n) is 7.88. The monoisotopic (exact) mass is 314 g/mol. The molecule has 1 aromatic heterocycles. The summed E-state index contributed by atoms with van der Waals surface area (Å²) < 4.78 is 5.33. The Kier molecular flexibility index (Phi) is 4.23. The van der Waals surface area contributed by atoms with Crippen LogP contribution in [0.15, 0.2) is 28.7 Å². The van der Waals surface area contributed by atoms with Gasteiger partial charge in [-0.2, -0.15) is 4.98 Å². The van der Waals surface area contributed by atoms with E-state index in [1.54, 1.807) is 0 Å². The first-order chi connectivity index (χ1) is 11.0. The Morgan fingerprint density at radius 1 is 1.39 bits per heavy atom. The lowest BCUT2D eigenvalue weighted by Gasteiger charge is -2.24. The van der Waals surface area contributed by atoms with Crippen LogP contribution in [0.5, 0.6) is 0 Å². The minimum absolute atomic E-state index is 0.234. The number of carbonyl (C=O) groups is 1. The molecule has 0 saturated heterocycles. The number of benzene rings is 1. The maximum absolute atomic E-state index is 11.9. The predicted molar refractivity (Wildman–Crippen MR) is 90.0 cm³/mol. The van der Waals surface area contributed by atoms with Crippen LogP contribution in [0.2, 0.25) is 0 Å². The smallest absolute Gasteiger partial charge is 0.322 e. The summed E-state index contributed by atoms with van der Waals surface area (Å²) in [5.74, 6) is 0.711. The van der Waals surface area contributed by atoms with Crippen LogP contribution >= 0.6 is 0 Å². The molecule has 0 saturated carbocycles. The van der Waals surface area contributed by atoms with Crippen molar-refractivity contribution >= 4 is 17.7 Å².